The summed E-state index contributed by atoms with van der Waals surface area (Å²) < 4.78 is 5.20. The molecular formula is C13H21NO2. The van der Waals surface area contributed by atoms with Crippen LogP contribution in [0.1, 0.15) is 44.8 Å². The fourth-order valence-electron chi connectivity index (χ4n) is 1.60. The predicted octanol–water partition coefficient (Wildman–Crippen LogP) is 2.91. The molecule has 1 aromatic heterocycles. The van der Waals surface area contributed by atoms with Gasteiger partial charge in [-0.15, -0.1) is 0 Å². The number of rotatable bonds is 9. The van der Waals surface area contributed by atoms with E-state index < -0.39 is 0 Å². The molecule has 0 saturated carbocycles. The summed E-state index contributed by atoms with van der Waals surface area (Å²) in [6, 6.07) is 3.87. The third-order valence-electron chi connectivity index (χ3n) is 2.51. The van der Waals surface area contributed by atoms with E-state index in [9.17, 15) is 4.79 Å². The van der Waals surface area contributed by atoms with Gasteiger partial charge in [-0.2, -0.15) is 0 Å². The second kappa shape index (κ2) is 8.11. The van der Waals surface area contributed by atoms with Crippen LogP contribution in [0, 0.1) is 0 Å². The van der Waals surface area contributed by atoms with Gasteiger partial charge in [-0.05, 0) is 38.4 Å². The first-order valence-electron chi connectivity index (χ1n) is 6.01. The fraction of sp³-hybridized carbons (Fsp3) is 0.615. The molecule has 0 radical (unpaired) electrons. The second-order valence-electron chi connectivity index (χ2n) is 4.12. The van der Waals surface area contributed by atoms with Crippen molar-refractivity contribution in [2.24, 2.45) is 0 Å². The van der Waals surface area contributed by atoms with Crippen molar-refractivity contribution in [3.63, 3.8) is 0 Å². The lowest BCUT2D eigenvalue weighted by molar-refractivity contribution is -0.117. The van der Waals surface area contributed by atoms with Crippen molar-refractivity contribution in [2.75, 3.05) is 6.54 Å². The highest BCUT2D eigenvalue weighted by atomic mass is 16.3. The van der Waals surface area contributed by atoms with Crippen molar-refractivity contribution in [3.05, 3.63) is 24.2 Å². The van der Waals surface area contributed by atoms with E-state index >= 15 is 0 Å². The first-order valence-corrected chi connectivity index (χ1v) is 6.01. The number of unbranched alkanes of at least 4 members (excludes halogenated alkanes) is 3. The van der Waals surface area contributed by atoms with Crippen molar-refractivity contribution < 1.29 is 9.21 Å². The monoisotopic (exact) mass is 223 g/mol. The van der Waals surface area contributed by atoms with E-state index in [1.807, 2.05) is 12.1 Å². The summed E-state index contributed by atoms with van der Waals surface area (Å²) in [7, 11) is 0. The summed E-state index contributed by atoms with van der Waals surface area (Å²) >= 11 is 0. The summed E-state index contributed by atoms with van der Waals surface area (Å²) in [4.78, 5) is 10.7. The van der Waals surface area contributed by atoms with Crippen LogP contribution >= 0.6 is 0 Å². The zero-order valence-corrected chi connectivity index (χ0v) is 10.00. The van der Waals surface area contributed by atoms with Crippen molar-refractivity contribution in [3.8, 4) is 0 Å². The molecule has 1 aromatic rings. The third-order valence-corrected chi connectivity index (χ3v) is 2.51. The lowest BCUT2D eigenvalue weighted by atomic mass is 10.1. The maximum absolute atomic E-state index is 10.7. The van der Waals surface area contributed by atoms with E-state index in [0.29, 0.717) is 5.78 Å². The van der Waals surface area contributed by atoms with Gasteiger partial charge >= 0.3 is 0 Å². The van der Waals surface area contributed by atoms with Gasteiger partial charge in [0, 0.05) is 6.42 Å². The van der Waals surface area contributed by atoms with Crippen LogP contribution in [0.15, 0.2) is 22.8 Å². The van der Waals surface area contributed by atoms with Gasteiger partial charge in [-0.3, -0.25) is 0 Å². The zero-order valence-electron chi connectivity index (χ0n) is 10.00. The van der Waals surface area contributed by atoms with E-state index in [1.54, 1.807) is 13.2 Å². The van der Waals surface area contributed by atoms with Crippen LogP contribution < -0.4 is 5.32 Å². The third kappa shape index (κ3) is 6.40. The number of hydrogen-bond donors (Lipinski definition) is 1. The smallest absolute Gasteiger partial charge is 0.129 e. The van der Waals surface area contributed by atoms with Crippen LogP contribution in [0.25, 0.3) is 0 Å². The maximum atomic E-state index is 10.7. The number of carbonyl (C=O) groups is 1. The maximum Gasteiger partial charge on any atom is 0.129 e. The molecule has 0 amide bonds. The fourth-order valence-corrected chi connectivity index (χ4v) is 1.60. The quantitative estimate of drug-likeness (QED) is 0.654. The van der Waals surface area contributed by atoms with E-state index in [1.165, 1.54) is 12.8 Å². The molecule has 0 fully saturated rings. The minimum Gasteiger partial charge on any atom is -0.468 e. The topological polar surface area (TPSA) is 42.2 Å². The Hall–Kier alpha value is -1.09. The van der Waals surface area contributed by atoms with Gasteiger partial charge in [0.1, 0.15) is 11.5 Å². The van der Waals surface area contributed by atoms with Crippen molar-refractivity contribution in [2.45, 2.75) is 45.6 Å². The first kappa shape index (κ1) is 13.0. The lowest BCUT2D eigenvalue weighted by Crippen LogP contribution is -2.14. The van der Waals surface area contributed by atoms with Crippen LogP contribution in [-0.4, -0.2) is 12.3 Å². The molecule has 0 aromatic carbocycles. The standard InChI is InChI=1S/C13H21NO2/c1-12(15)7-4-2-3-5-9-14-11-13-8-6-10-16-13/h6,8,10,14H,2-5,7,9,11H2,1H3. The number of nitrogens with one attached hydrogen (secondary N) is 1. The number of carbonyl (C=O) groups excluding carboxylic acids is 1. The molecule has 16 heavy (non-hydrogen) atoms. The molecule has 0 aliphatic carbocycles. The van der Waals surface area contributed by atoms with Gasteiger partial charge in [0.15, 0.2) is 0 Å². The number of hydrogen-bond acceptors (Lipinski definition) is 3. The van der Waals surface area contributed by atoms with Crippen molar-refractivity contribution in [1.29, 1.82) is 0 Å². The van der Waals surface area contributed by atoms with E-state index in [4.69, 9.17) is 4.42 Å². The molecule has 3 nitrogen and oxygen atoms in total. The highest BCUT2D eigenvalue weighted by Gasteiger charge is 1.95. The second-order valence-corrected chi connectivity index (χ2v) is 4.12. The van der Waals surface area contributed by atoms with Crippen LogP contribution in [0.3, 0.4) is 0 Å². The Morgan fingerprint density at radius 2 is 2.12 bits per heavy atom. The summed E-state index contributed by atoms with van der Waals surface area (Å²) in [6.45, 7) is 3.48. The highest BCUT2D eigenvalue weighted by molar-refractivity contribution is 5.75. The van der Waals surface area contributed by atoms with E-state index in [2.05, 4.69) is 5.32 Å². The molecule has 3 heteroatoms. The summed E-state index contributed by atoms with van der Waals surface area (Å²) in [5.74, 6) is 1.28. The first-order chi connectivity index (χ1) is 7.79. The molecule has 0 unspecified atom stereocenters. The van der Waals surface area contributed by atoms with Crippen LogP contribution in [0.5, 0.6) is 0 Å². The Balaban J connectivity index is 1.83. The molecule has 0 saturated heterocycles. The average molecular weight is 223 g/mol. The van der Waals surface area contributed by atoms with Gasteiger partial charge in [-0.1, -0.05) is 12.8 Å². The highest BCUT2D eigenvalue weighted by Crippen LogP contribution is 2.03. The molecule has 1 N–H and O–H groups in total. The average Bonchev–Trinajstić information content (AvgIpc) is 2.74. The van der Waals surface area contributed by atoms with Crippen LogP contribution in [0.2, 0.25) is 0 Å². The van der Waals surface area contributed by atoms with E-state index in [-0.39, 0.29) is 0 Å². The molecule has 0 atom stereocenters. The molecule has 0 bridgehead atoms. The molecule has 90 valence electrons. The van der Waals surface area contributed by atoms with Gasteiger partial charge in [0.05, 0.1) is 12.8 Å². The molecular weight excluding hydrogens is 202 g/mol. The molecule has 0 aliphatic heterocycles. The minimum absolute atomic E-state index is 0.302. The Kier molecular flexibility index (Phi) is 6.58. The Morgan fingerprint density at radius 1 is 1.31 bits per heavy atom. The van der Waals surface area contributed by atoms with Gasteiger partial charge in [-0.25, -0.2) is 0 Å². The molecule has 0 aliphatic rings. The van der Waals surface area contributed by atoms with Crippen molar-refractivity contribution in [1.82, 2.24) is 5.32 Å². The van der Waals surface area contributed by atoms with Crippen molar-refractivity contribution >= 4 is 5.78 Å². The van der Waals surface area contributed by atoms with E-state index in [0.717, 1.165) is 38.1 Å². The van der Waals surface area contributed by atoms with Gasteiger partial charge in [0.2, 0.25) is 0 Å². The molecule has 1 rings (SSSR count). The minimum atomic E-state index is 0.302. The summed E-state index contributed by atoms with van der Waals surface area (Å²) in [5, 5.41) is 3.33. The normalized spacial score (nSPS) is 10.6. The van der Waals surface area contributed by atoms with Gasteiger partial charge < -0.3 is 14.5 Å². The molecule has 1 heterocycles. The molecule has 0 spiro atoms. The number of Topliss-reactive ketones (excluding diaryl/α,β-unsaturated/α-hetero) is 1. The predicted molar refractivity (Wildman–Crippen MR) is 64.2 cm³/mol. The summed E-state index contributed by atoms with van der Waals surface area (Å²) in [5.41, 5.74) is 0. The Bertz CT molecular complexity index is 280. The van der Waals surface area contributed by atoms with Crippen LogP contribution in [-0.2, 0) is 11.3 Å². The SMILES string of the molecule is CC(=O)CCCCCCNCc1ccco1. The zero-order chi connectivity index (χ0) is 11.6. The largest absolute Gasteiger partial charge is 0.468 e. The lowest BCUT2D eigenvalue weighted by Gasteiger charge is -2.02. The Morgan fingerprint density at radius 3 is 2.81 bits per heavy atom. The number of ketones is 1. The number of furan rings is 1. The van der Waals surface area contributed by atoms with Gasteiger partial charge in [0.25, 0.3) is 0 Å². The summed E-state index contributed by atoms with van der Waals surface area (Å²) in [6.07, 6.45) is 6.98. The Labute approximate surface area is 97.2 Å². The van der Waals surface area contributed by atoms with Crippen LogP contribution in [0.4, 0.5) is 0 Å².